The number of hydrogen-bond acceptors (Lipinski definition) is 2. The maximum absolute atomic E-state index is 13.0. The number of likely N-dealkylation sites (N-methyl/N-ethyl adjacent to an activating group) is 1. The Morgan fingerprint density at radius 1 is 1.30 bits per heavy atom. The topological polar surface area (TPSA) is 46.3 Å². The highest BCUT2D eigenvalue weighted by Gasteiger charge is 2.24. The van der Waals surface area contributed by atoms with E-state index in [2.05, 4.69) is 6.92 Å². The van der Waals surface area contributed by atoms with Gasteiger partial charge in [-0.3, -0.25) is 4.79 Å². The molecule has 2 N–H and O–H groups in total. The summed E-state index contributed by atoms with van der Waals surface area (Å²) >= 11 is 0. The Balaban J connectivity index is 2.78. The third-order valence-corrected chi connectivity index (χ3v) is 3.63. The number of unbranched alkanes of at least 4 members (excludes halogenated alkanes) is 1. The molecule has 1 unspecified atom stereocenters. The molecular weight excluding hydrogens is 255 g/mol. The Kier molecular flexibility index (Phi) is 6.65. The minimum Gasteiger partial charge on any atom is -0.335 e. The molecular formula is C16H25FN2O. The number of nitrogens with two attached hydrogens (primary N) is 1. The Labute approximate surface area is 121 Å². The first-order valence-electron chi connectivity index (χ1n) is 7.32. The van der Waals surface area contributed by atoms with E-state index in [1.165, 1.54) is 12.1 Å². The number of carbonyl (C=O) groups is 1. The minimum absolute atomic E-state index is 0.0298. The van der Waals surface area contributed by atoms with Crippen molar-refractivity contribution in [1.29, 1.82) is 0 Å². The highest BCUT2D eigenvalue weighted by molar-refractivity contribution is 5.82. The lowest BCUT2D eigenvalue weighted by Crippen LogP contribution is -2.44. The van der Waals surface area contributed by atoms with Gasteiger partial charge >= 0.3 is 0 Å². The van der Waals surface area contributed by atoms with Crippen LogP contribution in [0, 0.1) is 5.82 Å². The second kappa shape index (κ2) is 8.00. The van der Waals surface area contributed by atoms with Crippen LogP contribution in [-0.2, 0) is 4.79 Å². The number of nitrogens with zero attached hydrogens (tertiary/aromatic N) is 1. The summed E-state index contributed by atoms with van der Waals surface area (Å²) in [4.78, 5) is 14.1. The molecule has 20 heavy (non-hydrogen) atoms. The average Bonchev–Trinajstić information content (AvgIpc) is 2.45. The summed E-state index contributed by atoms with van der Waals surface area (Å²) in [7, 11) is 0. The Morgan fingerprint density at radius 3 is 2.40 bits per heavy atom. The quantitative estimate of drug-likeness (QED) is 0.833. The van der Waals surface area contributed by atoms with E-state index in [1.807, 2.05) is 13.8 Å². The standard InChI is InChI=1S/C16H25FN2O/c1-4-6-7-15(18)16(20)19(5-2)12(3)13-8-10-14(17)11-9-13/h8-12,15H,4-7,18H2,1-3H3/t12?,15-/m0/s1. The van der Waals surface area contributed by atoms with Gasteiger partial charge in [-0.2, -0.15) is 0 Å². The van der Waals surface area contributed by atoms with Gasteiger partial charge in [0.05, 0.1) is 12.1 Å². The second-order valence-electron chi connectivity index (χ2n) is 5.10. The van der Waals surface area contributed by atoms with E-state index in [0.29, 0.717) is 13.0 Å². The molecule has 1 aromatic rings. The van der Waals surface area contributed by atoms with Crippen LogP contribution in [0.5, 0.6) is 0 Å². The van der Waals surface area contributed by atoms with E-state index in [1.54, 1.807) is 17.0 Å². The number of benzene rings is 1. The smallest absolute Gasteiger partial charge is 0.239 e. The molecule has 0 aliphatic carbocycles. The van der Waals surface area contributed by atoms with E-state index < -0.39 is 6.04 Å². The number of halogens is 1. The molecule has 0 saturated carbocycles. The third kappa shape index (κ3) is 4.30. The van der Waals surface area contributed by atoms with Gasteiger partial charge in [-0.1, -0.05) is 31.9 Å². The summed E-state index contributed by atoms with van der Waals surface area (Å²) in [5.41, 5.74) is 6.89. The van der Waals surface area contributed by atoms with Crippen molar-refractivity contribution < 1.29 is 9.18 Å². The average molecular weight is 280 g/mol. The molecule has 0 fully saturated rings. The minimum atomic E-state index is -0.446. The molecule has 0 radical (unpaired) electrons. The van der Waals surface area contributed by atoms with Crippen LogP contribution in [0.4, 0.5) is 4.39 Å². The van der Waals surface area contributed by atoms with Gasteiger partial charge < -0.3 is 10.6 Å². The van der Waals surface area contributed by atoms with Crippen molar-refractivity contribution in [2.24, 2.45) is 5.73 Å². The van der Waals surface area contributed by atoms with Gasteiger partial charge in [0.2, 0.25) is 5.91 Å². The van der Waals surface area contributed by atoms with Crippen molar-refractivity contribution >= 4 is 5.91 Å². The molecule has 1 aromatic carbocycles. The lowest BCUT2D eigenvalue weighted by molar-refractivity contribution is -0.134. The van der Waals surface area contributed by atoms with E-state index >= 15 is 0 Å². The molecule has 2 atom stereocenters. The molecule has 112 valence electrons. The molecule has 0 aromatic heterocycles. The Morgan fingerprint density at radius 2 is 1.90 bits per heavy atom. The van der Waals surface area contributed by atoms with Crippen LogP contribution in [0.3, 0.4) is 0 Å². The van der Waals surface area contributed by atoms with Gasteiger partial charge in [0.15, 0.2) is 0 Å². The Bertz CT molecular complexity index is 419. The van der Waals surface area contributed by atoms with Crippen molar-refractivity contribution in [3.63, 3.8) is 0 Å². The summed E-state index contributed by atoms with van der Waals surface area (Å²) in [6.07, 6.45) is 2.69. The fraction of sp³-hybridized carbons (Fsp3) is 0.562. The molecule has 0 saturated heterocycles. The van der Waals surface area contributed by atoms with E-state index in [9.17, 15) is 9.18 Å². The van der Waals surface area contributed by atoms with Gasteiger partial charge in [-0.15, -0.1) is 0 Å². The monoisotopic (exact) mass is 280 g/mol. The first-order chi connectivity index (χ1) is 9.51. The van der Waals surface area contributed by atoms with Crippen LogP contribution in [0.15, 0.2) is 24.3 Å². The van der Waals surface area contributed by atoms with Crippen molar-refractivity contribution in [1.82, 2.24) is 4.90 Å². The van der Waals surface area contributed by atoms with Crippen LogP contribution in [0.1, 0.15) is 51.6 Å². The van der Waals surface area contributed by atoms with Crippen LogP contribution in [0.25, 0.3) is 0 Å². The van der Waals surface area contributed by atoms with Crippen LogP contribution < -0.4 is 5.73 Å². The zero-order valence-corrected chi connectivity index (χ0v) is 12.6. The Hall–Kier alpha value is -1.42. The van der Waals surface area contributed by atoms with Gasteiger partial charge in [0.1, 0.15) is 5.82 Å². The van der Waals surface area contributed by atoms with Crippen LogP contribution in [0.2, 0.25) is 0 Å². The zero-order chi connectivity index (χ0) is 15.1. The van der Waals surface area contributed by atoms with Crippen molar-refractivity contribution in [3.8, 4) is 0 Å². The predicted molar refractivity (Wildman–Crippen MR) is 79.7 cm³/mol. The highest BCUT2D eigenvalue weighted by atomic mass is 19.1. The molecule has 0 spiro atoms. The molecule has 0 aliphatic heterocycles. The summed E-state index contributed by atoms with van der Waals surface area (Å²) in [6, 6.07) is 5.72. The second-order valence-corrected chi connectivity index (χ2v) is 5.10. The van der Waals surface area contributed by atoms with E-state index in [4.69, 9.17) is 5.73 Å². The van der Waals surface area contributed by atoms with E-state index in [0.717, 1.165) is 18.4 Å². The normalized spacial score (nSPS) is 13.8. The summed E-state index contributed by atoms with van der Waals surface area (Å²) < 4.78 is 13.0. The SMILES string of the molecule is CCCC[C@H](N)C(=O)N(CC)C(C)c1ccc(F)cc1. The maximum atomic E-state index is 13.0. The fourth-order valence-corrected chi connectivity index (χ4v) is 2.30. The van der Waals surface area contributed by atoms with Gasteiger partial charge in [-0.25, -0.2) is 4.39 Å². The lowest BCUT2D eigenvalue weighted by atomic mass is 10.0. The van der Waals surface area contributed by atoms with Gasteiger partial charge in [-0.05, 0) is 38.0 Å². The van der Waals surface area contributed by atoms with Crippen molar-refractivity contribution in [3.05, 3.63) is 35.6 Å². The first kappa shape index (κ1) is 16.6. The van der Waals surface area contributed by atoms with Crippen LogP contribution in [-0.4, -0.2) is 23.4 Å². The van der Waals surface area contributed by atoms with Crippen LogP contribution >= 0.6 is 0 Å². The predicted octanol–water partition coefficient (Wildman–Crippen LogP) is 3.25. The van der Waals surface area contributed by atoms with Crippen molar-refractivity contribution in [2.75, 3.05) is 6.54 Å². The highest BCUT2D eigenvalue weighted by Crippen LogP contribution is 2.21. The molecule has 1 rings (SSSR count). The zero-order valence-electron chi connectivity index (χ0n) is 12.6. The largest absolute Gasteiger partial charge is 0.335 e. The number of carbonyl (C=O) groups excluding carboxylic acids is 1. The molecule has 3 nitrogen and oxygen atoms in total. The molecule has 1 amide bonds. The first-order valence-corrected chi connectivity index (χ1v) is 7.32. The summed E-state index contributed by atoms with van der Waals surface area (Å²) in [6.45, 7) is 6.55. The molecule has 0 bridgehead atoms. The lowest BCUT2D eigenvalue weighted by Gasteiger charge is -2.30. The third-order valence-electron chi connectivity index (χ3n) is 3.63. The molecule has 4 heteroatoms. The molecule has 0 aliphatic rings. The number of amides is 1. The number of hydrogen-bond donors (Lipinski definition) is 1. The van der Waals surface area contributed by atoms with Gasteiger partial charge in [0, 0.05) is 6.54 Å². The molecule has 0 heterocycles. The summed E-state index contributed by atoms with van der Waals surface area (Å²) in [5.74, 6) is -0.298. The number of rotatable bonds is 7. The maximum Gasteiger partial charge on any atom is 0.239 e. The van der Waals surface area contributed by atoms with Gasteiger partial charge in [0.25, 0.3) is 0 Å². The summed E-state index contributed by atoms with van der Waals surface area (Å²) in [5, 5.41) is 0. The fourth-order valence-electron chi connectivity index (χ4n) is 2.30. The van der Waals surface area contributed by atoms with Crippen molar-refractivity contribution in [2.45, 2.75) is 52.1 Å². The van der Waals surface area contributed by atoms with E-state index in [-0.39, 0.29) is 17.8 Å².